The van der Waals surface area contributed by atoms with Crippen LogP contribution in [0.15, 0.2) is 58.8 Å². The van der Waals surface area contributed by atoms with Gasteiger partial charge in [0.2, 0.25) is 0 Å². The van der Waals surface area contributed by atoms with Gasteiger partial charge in [-0.15, -0.1) is 11.3 Å². The molecule has 0 aliphatic heterocycles. The van der Waals surface area contributed by atoms with E-state index < -0.39 is 10.0 Å². The van der Waals surface area contributed by atoms with Gasteiger partial charge < -0.3 is 4.74 Å². The molecule has 2 N–H and O–H groups in total. The molecule has 28 heavy (non-hydrogen) atoms. The van der Waals surface area contributed by atoms with Gasteiger partial charge >= 0.3 is 0 Å². The van der Waals surface area contributed by atoms with Gasteiger partial charge in [0, 0.05) is 16.6 Å². The number of rotatable bonds is 7. The molecule has 1 aromatic heterocycles. The number of hydrogen-bond donors (Lipinski definition) is 2. The van der Waals surface area contributed by atoms with E-state index in [1.807, 2.05) is 19.2 Å². The van der Waals surface area contributed by atoms with Crippen LogP contribution in [0, 0.1) is 6.92 Å². The summed E-state index contributed by atoms with van der Waals surface area (Å²) in [4.78, 5) is 16.5. The minimum atomic E-state index is -3.77. The van der Waals surface area contributed by atoms with Crippen molar-refractivity contribution in [3.8, 4) is 5.75 Å². The lowest BCUT2D eigenvalue weighted by Gasteiger charge is -2.10. The van der Waals surface area contributed by atoms with E-state index in [-0.39, 0.29) is 10.8 Å². The highest BCUT2D eigenvalue weighted by Gasteiger charge is 2.16. The topological polar surface area (TPSA) is 97.4 Å². The minimum Gasteiger partial charge on any atom is -0.494 e. The van der Waals surface area contributed by atoms with E-state index in [2.05, 4.69) is 15.0 Å². The zero-order chi connectivity index (χ0) is 20.1. The molecule has 0 unspecified atom stereocenters. The fraction of sp³-hybridized carbons (Fsp3) is 0.158. The standard InChI is InChI=1S/C19H19N3O4S2/c1-3-26-16-8-6-15(7-9-16)22-28(24,25)17-10-4-14(5-11-17)18(23)21-19-20-13(2)12-27-19/h4-12,22H,3H2,1-2H3,(H,20,21,23). The van der Waals surface area contributed by atoms with Crippen molar-refractivity contribution in [3.05, 3.63) is 65.2 Å². The van der Waals surface area contributed by atoms with Crippen LogP contribution in [-0.4, -0.2) is 25.9 Å². The van der Waals surface area contributed by atoms with Crippen molar-refractivity contribution in [1.82, 2.24) is 4.98 Å². The van der Waals surface area contributed by atoms with Gasteiger partial charge in [-0.05, 0) is 62.4 Å². The van der Waals surface area contributed by atoms with Crippen molar-refractivity contribution in [2.45, 2.75) is 18.7 Å². The Balaban J connectivity index is 1.69. The van der Waals surface area contributed by atoms with E-state index in [1.165, 1.54) is 35.6 Å². The molecule has 1 amide bonds. The van der Waals surface area contributed by atoms with Crippen LogP contribution in [0.25, 0.3) is 0 Å². The Morgan fingerprint density at radius 1 is 1.11 bits per heavy atom. The van der Waals surface area contributed by atoms with Crippen LogP contribution in [-0.2, 0) is 10.0 Å². The van der Waals surface area contributed by atoms with Gasteiger partial charge in [-0.1, -0.05) is 0 Å². The molecule has 0 radical (unpaired) electrons. The van der Waals surface area contributed by atoms with E-state index in [0.29, 0.717) is 28.7 Å². The minimum absolute atomic E-state index is 0.0584. The molecule has 0 aliphatic rings. The first-order valence-corrected chi connectivity index (χ1v) is 10.8. The third kappa shape index (κ3) is 4.87. The molecule has 0 saturated carbocycles. The summed E-state index contributed by atoms with van der Waals surface area (Å²) in [6.07, 6.45) is 0. The summed E-state index contributed by atoms with van der Waals surface area (Å²) < 4.78 is 32.9. The summed E-state index contributed by atoms with van der Waals surface area (Å²) in [5.74, 6) is 0.314. The van der Waals surface area contributed by atoms with Crippen LogP contribution in [0.4, 0.5) is 10.8 Å². The van der Waals surface area contributed by atoms with Crippen molar-refractivity contribution in [3.63, 3.8) is 0 Å². The molecule has 146 valence electrons. The summed E-state index contributed by atoms with van der Waals surface area (Å²) in [7, 11) is -3.77. The molecule has 3 rings (SSSR count). The van der Waals surface area contributed by atoms with Gasteiger partial charge in [0.25, 0.3) is 15.9 Å². The van der Waals surface area contributed by atoms with Crippen molar-refractivity contribution in [1.29, 1.82) is 0 Å². The largest absolute Gasteiger partial charge is 0.494 e. The lowest BCUT2D eigenvalue weighted by atomic mass is 10.2. The number of sulfonamides is 1. The first kappa shape index (κ1) is 19.8. The smallest absolute Gasteiger partial charge is 0.261 e. The number of thiazole rings is 1. The second-order valence-electron chi connectivity index (χ2n) is 5.84. The van der Waals surface area contributed by atoms with Crippen LogP contribution in [0.3, 0.4) is 0 Å². The second kappa shape index (κ2) is 8.41. The molecule has 0 aliphatic carbocycles. The Bertz CT molecular complexity index is 1060. The second-order valence-corrected chi connectivity index (χ2v) is 8.38. The van der Waals surface area contributed by atoms with Crippen LogP contribution < -0.4 is 14.8 Å². The van der Waals surface area contributed by atoms with E-state index in [4.69, 9.17) is 4.74 Å². The third-order valence-corrected chi connectivity index (χ3v) is 5.96. The van der Waals surface area contributed by atoms with E-state index in [1.54, 1.807) is 24.3 Å². The lowest BCUT2D eigenvalue weighted by molar-refractivity contribution is 0.102. The Kier molecular flexibility index (Phi) is 5.96. The normalized spacial score (nSPS) is 11.1. The van der Waals surface area contributed by atoms with Crippen molar-refractivity contribution in [2.75, 3.05) is 16.6 Å². The van der Waals surface area contributed by atoms with Crippen LogP contribution in [0.5, 0.6) is 5.75 Å². The molecule has 0 saturated heterocycles. The quantitative estimate of drug-likeness (QED) is 0.608. The molecular weight excluding hydrogens is 398 g/mol. The van der Waals surface area contributed by atoms with Gasteiger partial charge in [0.1, 0.15) is 5.75 Å². The maximum Gasteiger partial charge on any atom is 0.261 e. The Hall–Kier alpha value is -2.91. The Morgan fingerprint density at radius 3 is 2.36 bits per heavy atom. The fourth-order valence-electron chi connectivity index (χ4n) is 2.37. The highest BCUT2D eigenvalue weighted by Crippen LogP contribution is 2.21. The number of hydrogen-bond acceptors (Lipinski definition) is 6. The molecular formula is C19H19N3O4S2. The highest BCUT2D eigenvalue weighted by molar-refractivity contribution is 7.92. The van der Waals surface area contributed by atoms with Gasteiger partial charge in [-0.3, -0.25) is 14.8 Å². The van der Waals surface area contributed by atoms with E-state index in [9.17, 15) is 13.2 Å². The highest BCUT2D eigenvalue weighted by atomic mass is 32.2. The van der Waals surface area contributed by atoms with Crippen molar-refractivity contribution in [2.24, 2.45) is 0 Å². The average molecular weight is 418 g/mol. The Morgan fingerprint density at radius 2 is 1.79 bits per heavy atom. The molecule has 3 aromatic rings. The van der Waals surface area contributed by atoms with Gasteiger partial charge in [0.15, 0.2) is 5.13 Å². The predicted molar refractivity (Wildman–Crippen MR) is 110 cm³/mol. The SMILES string of the molecule is CCOc1ccc(NS(=O)(=O)c2ccc(C(=O)Nc3nc(C)cs3)cc2)cc1. The van der Waals surface area contributed by atoms with Crippen molar-refractivity contribution < 1.29 is 17.9 Å². The number of carbonyl (C=O) groups excluding carboxylic acids is 1. The number of nitrogens with one attached hydrogen (secondary N) is 2. The van der Waals surface area contributed by atoms with Crippen LogP contribution >= 0.6 is 11.3 Å². The summed E-state index contributed by atoms with van der Waals surface area (Å²) in [6, 6.07) is 12.3. The first-order valence-electron chi connectivity index (χ1n) is 8.46. The molecule has 0 atom stereocenters. The number of ether oxygens (including phenoxy) is 1. The first-order chi connectivity index (χ1) is 13.4. The lowest BCUT2D eigenvalue weighted by Crippen LogP contribution is -2.14. The van der Waals surface area contributed by atoms with Gasteiger partial charge in [-0.2, -0.15) is 0 Å². The number of amides is 1. The van der Waals surface area contributed by atoms with Crippen LogP contribution in [0.2, 0.25) is 0 Å². The van der Waals surface area contributed by atoms with Gasteiger partial charge in [-0.25, -0.2) is 13.4 Å². The monoisotopic (exact) mass is 417 g/mol. The summed E-state index contributed by atoms with van der Waals surface area (Å²) in [6.45, 7) is 4.24. The zero-order valence-electron chi connectivity index (χ0n) is 15.3. The molecule has 9 heteroatoms. The summed E-state index contributed by atoms with van der Waals surface area (Å²) in [5, 5.41) is 5.01. The Labute approximate surface area is 167 Å². The zero-order valence-corrected chi connectivity index (χ0v) is 16.9. The number of nitrogens with zero attached hydrogens (tertiary/aromatic N) is 1. The maximum absolute atomic E-state index is 12.5. The van der Waals surface area contributed by atoms with E-state index >= 15 is 0 Å². The van der Waals surface area contributed by atoms with Crippen molar-refractivity contribution >= 4 is 38.1 Å². The van der Waals surface area contributed by atoms with E-state index in [0.717, 1.165) is 5.69 Å². The maximum atomic E-state index is 12.5. The molecule has 0 bridgehead atoms. The third-order valence-electron chi connectivity index (χ3n) is 3.68. The number of aryl methyl sites for hydroxylation is 1. The molecule has 2 aromatic carbocycles. The number of carbonyl (C=O) groups is 1. The van der Waals surface area contributed by atoms with Crippen LogP contribution in [0.1, 0.15) is 23.0 Å². The predicted octanol–water partition coefficient (Wildman–Crippen LogP) is 3.90. The fourth-order valence-corrected chi connectivity index (χ4v) is 4.11. The number of aromatic nitrogens is 1. The number of anilines is 2. The molecule has 7 nitrogen and oxygen atoms in total. The molecule has 0 spiro atoms. The molecule has 1 heterocycles. The molecule has 0 fully saturated rings. The van der Waals surface area contributed by atoms with Gasteiger partial charge in [0.05, 0.1) is 17.2 Å². The average Bonchev–Trinajstić information content (AvgIpc) is 3.08. The number of benzene rings is 2. The summed E-state index contributed by atoms with van der Waals surface area (Å²) >= 11 is 1.33. The summed E-state index contributed by atoms with van der Waals surface area (Å²) in [5.41, 5.74) is 1.58.